The van der Waals surface area contributed by atoms with Gasteiger partial charge in [0.1, 0.15) is 23.7 Å². The van der Waals surface area contributed by atoms with Crippen molar-refractivity contribution in [1.82, 2.24) is 23.8 Å². The molecule has 1 unspecified atom stereocenters. The minimum absolute atomic E-state index is 0.0204. The van der Waals surface area contributed by atoms with E-state index in [-0.39, 0.29) is 17.0 Å². The standard InChI is InChI=1S/C33H31N5O4/c1-22-9-7-16-37-23(2)28(35-32(22)37)30(39)27-29(38(33(41)31(27)40)17-8-15-36-18-14-34-21-36)25-12-6-13-26(19-25)42-20-24-10-4-3-5-11-24/h3-7,9-14,16,18-19,21,29,39H,8,15,17,20H2,1-2H3. The number of carbonyl (C=O) groups is 2. The second kappa shape index (κ2) is 11.4. The number of nitrogens with zero attached hydrogens (tertiary/aromatic N) is 5. The molecule has 3 aromatic heterocycles. The van der Waals surface area contributed by atoms with E-state index < -0.39 is 17.7 Å². The third kappa shape index (κ3) is 5.05. The highest BCUT2D eigenvalue weighted by molar-refractivity contribution is 6.46. The lowest BCUT2D eigenvalue weighted by Gasteiger charge is -2.25. The second-order valence-electron chi connectivity index (χ2n) is 10.4. The first kappa shape index (κ1) is 27.0. The Balaban J connectivity index is 1.40. The molecule has 1 atom stereocenters. The number of rotatable bonds is 9. The van der Waals surface area contributed by atoms with Crippen LogP contribution in [-0.2, 0) is 22.7 Å². The van der Waals surface area contributed by atoms with E-state index in [0.717, 1.165) is 11.1 Å². The zero-order valence-electron chi connectivity index (χ0n) is 23.5. The Morgan fingerprint density at radius 2 is 1.81 bits per heavy atom. The Hall–Kier alpha value is -5.18. The van der Waals surface area contributed by atoms with E-state index >= 15 is 0 Å². The van der Waals surface area contributed by atoms with E-state index in [9.17, 15) is 14.7 Å². The maximum absolute atomic E-state index is 13.6. The largest absolute Gasteiger partial charge is 0.505 e. The van der Waals surface area contributed by atoms with Crippen LogP contribution in [0.15, 0.2) is 97.2 Å². The molecule has 1 amide bonds. The number of ketones is 1. The van der Waals surface area contributed by atoms with Crippen LogP contribution >= 0.6 is 0 Å². The van der Waals surface area contributed by atoms with Gasteiger partial charge in [-0.25, -0.2) is 9.97 Å². The molecule has 6 rings (SSSR count). The summed E-state index contributed by atoms with van der Waals surface area (Å²) in [6.45, 7) is 5.08. The molecule has 1 saturated heterocycles. The van der Waals surface area contributed by atoms with Crippen LogP contribution in [0.3, 0.4) is 0 Å². The summed E-state index contributed by atoms with van der Waals surface area (Å²) in [5.41, 5.74) is 4.27. The minimum Gasteiger partial charge on any atom is -0.505 e. The Morgan fingerprint density at radius 3 is 2.57 bits per heavy atom. The van der Waals surface area contributed by atoms with Crippen LogP contribution in [-0.4, -0.2) is 47.2 Å². The van der Waals surface area contributed by atoms with E-state index in [4.69, 9.17) is 4.74 Å². The molecular weight excluding hydrogens is 530 g/mol. The number of aryl methyl sites for hydroxylation is 3. The molecule has 9 heteroatoms. The fourth-order valence-corrected chi connectivity index (χ4v) is 5.49. The average Bonchev–Trinajstić information content (AvgIpc) is 3.71. The lowest BCUT2D eigenvalue weighted by molar-refractivity contribution is -0.139. The van der Waals surface area contributed by atoms with Crippen LogP contribution in [0.5, 0.6) is 5.75 Å². The molecular formula is C33H31N5O4. The maximum atomic E-state index is 13.6. The zero-order chi connectivity index (χ0) is 29.2. The number of fused-ring (bicyclic) bond motifs is 1. The normalized spacial score (nSPS) is 16.4. The highest BCUT2D eigenvalue weighted by Crippen LogP contribution is 2.41. The monoisotopic (exact) mass is 561 g/mol. The molecule has 4 heterocycles. The van der Waals surface area contributed by atoms with Gasteiger partial charge in [-0.3, -0.25) is 9.59 Å². The number of aliphatic hydroxyl groups is 1. The van der Waals surface area contributed by atoms with Gasteiger partial charge in [-0.2, -0.15) is 0 Å². The van der Waals surface area contributed by atoms with E-state index in [1.807, 2.05) is 102 Å². The first-order chi connectivity index (χ1) is 20.4. The Kier molecular flexibility index (Phi) is 7.31. The number of imidazole rings is 2. The molecule has 0 radical (unpaired) electrons. The number of carbonyl (C=O) groups excluding carboxylic acids is 2. The first-order valence-corrected chi connectivity index (χ1v) is 13.9. The van der Waals surface area contributed by atoms with Crippen LogP contribution in [0.2, 0.25) is 0 Å². The third-order valence-corrected chi connectivity index (χ3v) is 7.64. The van der Waals surface area contributed by atoms with Crippen LogP contribution in [0.25, 0.3) is 11.4 Å². The van der Waals surface area contributed by atoms with E-state index in [1.54, 1.807) is 12.5 Å². The second-order valence-corrected chi connectivity index (χ2v) is 10.4. The van der Waals surface area contributed by atoms with Crippen molar-refractivity contribution in [3.05, 3.63) is 125 Å². The molecule has 1 fully saturated rings. The van der Waals surface area contributed by atoms with Crippen LogP contribution in [0.4, 0.5) is 0 Å². The van der Waals surface area contributed by atoms with Crippen molar-refractivity contribution < 1.29 is 19.4 Å². The summed E-state index contributed by atoms with van der Waals surface area (Å²) in [5.74, 6) is -1.07. The molecule has 1 aliphatic heterocycles. The molecule has 0 spiro atoms. The summed E-state index contributed by atoms with van der Waals surface area (Å²) < 4.78 is 9.87. The predicted octanol–water partition coefficient (Wildman–Crippen LogP) is 5.24. The summed E-state index contributed by atoms with van der Waals surface area (Å²) in [6, 6.07) is 20.2. The topological polar surface area (TPSA) is 102 Å². The Labute approximate surface area is 243 Å². The smallest absolute Gasteiger partial charge is 0.295 e. The molecule has 2 aromatic carbocycles. The van der Waals surface area contributed by atoms with Crippen molar-refractivity contribution in [2.24, 2.45) is 0 Å². The number of hydrogen-bond donors (Lipinski definition) is 1. The molecule has 212 valence electrons. The lowest BCUT2D eigenvalue weighted by Crippen LogP contribution is -2.31. The first-order valence-electron chi connectivity index (χ1n) is 13.9. The fraction of sp³-hybridized carbons (Fsp3) is 0.212. The number of likely N-dealkylation sites (tertiary alicyclic amines) is 1. The molecule has 42 heavy (non-hydrogen) atoms. The Bertz CT molecular complexity index is 1790. The van der Waals surface area contributed by atoms with Gasteiger partial charge in [-0.05, 0) is 55.2 Å². The van der Waals surface area contributed by atoms with Gasteiger partial charge >= 0.3 is 0 Å². The number of Topliss-reactive ketones (excluding diaryl/α,β-unsaturated/α-hetero) is 1. The van der Waals surface area contributed by atoms with Crippen molar-refractivity contribution in [2.45, 2.75) is 39.5 Å². The van der Waals surface area contributed by atoms with Crippen molar-refractivity contribution in [1.29, 1.82) is 0 Å². The van der Waals surface area contributed by atoms with Gasteiger partial charge in [0, 0.05) is 31.7 Å². The molecule has 1 aliphatic rings. The van der Waals surface area contributed by atoms with Gasteiger partial charge < -0.3 is 23.7 Å². The lowest BCUT2D eigenvalue weighted by atomic mass is 9.96. The number of hydrogen-bond acceptors (Lipinski definition) is 6. The van der Waals surface area contributed by atoms with Crippen molar-refractivity contribution in [2.75, 3.05) is 6.54 Å². The van der Waals surface area contributed by atoms with Crippen molar-refractivity contribution in [3.8, 4) is 5.75 Å². The number of benzene rings is 2. The van der Waals surface area contributed by atoms with Gasteiger partial charge in [0.05, 0.1) is 23.6 Å². The van der Waals surface area contributed by atoms with Gasteiger partial charge in [0.2, 0.25) is 0 Å². The summed E-state index contributed by atoms with van der Waals surface area (Å²) in [6.07, 6.45) is 7.73. The van der Waals surface area contributed by atoms with E-state index in [2.05, 4.69) is 9.97 Å². The molecule has 0 bridgehead atoms. The quantitative estimate of drug-likeness (QED) is 0.150. The molecule has 0 aliphatic carbocycles. The average molecular weight is 562 g/mol. The van der Waals surface area contributed by atoms with Gasteiger partial charge in [0.25, 0.3) is 11.7 Å². The van der Waals surface area contributed by atoms with Crippen molar-refractivity contribution >= 4 is 23.1 Å². The summed E-state index contributed by atoms with van der Waals surface area (Å²) in [7, 11) is 0. The van der Waals surface area contributed by atoms with Crippen LogP contribution < -0.4 is 4.74 Å². The van der Waals surface area contributed by atoms with Crippen LogP contribution in [0.1, 0.15) is 40.5 Å². The number of ether oxygens (including phenoxy) is 1. The fourth-order valence-electron chi connectivity index (χ4n) is 5.49. The number of amides is 1. The van der Waals surface area contributed by atoms with E-state index in [0.29, 0.717) is 48.8 Å². The summed E-state index contributed by atoms with van der Waals surface area (Å²) in [5, 5.41) is 11.7. The van der Waals surface area contributed by atoms with Crippen LogP contribution in [0, 0.1) is 13.8 Å². The third-order valence-electron chi connectivity index (χ3n) is 7.64. The summed E-state index contributed by atoms with van der Waals surface area (Å²) in [4.78, 5) is 37.4. The maximum Gasteiger partial charge on any atom is 0.295 e. The van der Waals surface area contributed by atoms with Gasteiger partial charge in [0.15, 0.2) is 5.76 Å². The van der Waals surface area contributed by atoms with Gasteiger partial charge in [-0.15, -0.1) is 0 Å². The van der Waals surface area contributed by atoms with E-state index in [1.165, 1.54) is 4.90 Å². The number of aliphatic hydroxyl groups excluding tert-OH is 1. The van der Waals surface area contributed by atoms with Gasteiger partial charge in [-0.1, -0.05) is 48.5 Å². The zero-order valence-corrected chi connectivity index (χ0v) is 23.5. The minimum atomic E-state index is -0.807. The number of pyridine rings is 1. The predicted molar refractivity (Wildman–Crippen MR) is 158 cm³/mol. The molecule has 1 N–H and O–H groups in total. The highest BCUT2D eigenvalue weighted by atomic mass is 16.5. The molecule has 0 saturated carbocycles. The van der Waals surface area contributed by atoms with Crippen molar-refractivity contribution in [3.63, 3.8) is 0 Å². The summed E-state index contributed by atoms with van der Waals surface area (Å²) >= 11 is 0. The Morgan fingerprint density at radius 1 is 0.976 bits per heavy atom. The highest BCUT2D eigenvalue weighted by Gasteiger charge is 2.46. The molecule has 5 aromatic rings. The molecule has 9 nitrogen and oxygen atoms in total. The number of aromatic nitrogens is 4. The SMILES string of the molecule is Cc1cccn2c(C)c(C(O)=C3C(=O)C(=O)N(CCCn4ccnc4)C3c3cccc(OCc4ccccc4)c3)nc12.